The zero-order chi connectivity index (χ0) is 24.8. The smallest absolute Gasteiger partial charge is 0.259 e. The second-order valence-corrected chi connectivity index (χ2v) is 11.2. The lowest BCUT2D eigenvalue weighted by Gasteiger charge is -2.41. The molecule has 1 amide bonds. The van der Waals surface area contributed by atoms with Crippen LogP contribution in [-0.2, 0) is 17.1 Å². The van der Waals surface area contributed by atoms with Gasteiger partial charge in [0.2, 0.25) is 15.5 Å². The highest BCUT2D eigenvalue weighted by molar-refractivity contribution is 7.89. The van der Waals surface area contributed by atoms with Crippen molar-refractivity contribution in [1.82, 2.24) is 13.8 Å². The van der Waals surface area contributed by atoms with Crippen LogP contribution in [0.2, 0.25) is 0 Å². The molecule has 3 aromatic rings. The van der Waals surface area contributed by atoms with E-state index < -0.39 is 15.5 Å². The van der Waals surface area contributed by atoms with Crippen molar-refractivity contribution < 1.29 is 13.2 Å². The summed E-state index contributed by atoms with van der Waals surface area (Å²) in [6.45, 7) is 5.76. The summed E-state index contributed by atoms with van der Waals surface area (Å²) in [6, 6.07) is 12.8. The summed E-state index contributed by atoms with van der Waals surface area (Å²) in [5.41, 5.74) is 2.46. The first-order valence-corrected chi connectivity index (χ1v) is 12.6. The van der Waals surface area contributed by atoms with Crippen LogP contribution in [0.1, 0.15) is 22.8 Å². The molecule has 0 N–H and O–H groups in total. The molecule has 2 heterocycles. The Labute approximate surface area is 200 Å². The van der Waals surface area contributed by atoms with Gasteiger partial charge in [-0.15, -0.1) is 0 Å². The second-order valence-electron chi connectivity index (χ2n) is 9.08. The maximum atomic E-state index is 13.4. The number of carbonyl (C=O) groups is 1. The van der Waals surface area contributed by atoms with Crippen molar-refractivity contribution in [2.45, 2.75) is 24.8 Å². The minimum atomic E-state index is -3.71. The number of hydrogen-bond acceptors (Lipinski definition) is 5. The van der Waals surface area contributed by atoms with Gasteiger partial charge in [-0.3, -0.25) is 9.59 Å². The Morgan fingerprint density at radius 3 is 2.35 bits per heavy atom. The molecule has 8 nitrogen and oxygen atoms in total. The molecule has 4 rings (SSSR count). The van der Waals surface area contributed by atoms with E-state index in [2.05, 4.69) is 36.1 Å². The van der Waals surface area contributed by atoms with Crippen molar-refractivity contribution in [3.8, 4) is 0 Å². The monoisotopic (exact) mass is 482 g/mol. The molecule has 0 aliphatic carbocycles. The molecular formula is C25H30N4O4S. The van der Waals surface area contributed by atoms with E-state index >= 15 is 0 Å². The zero-order valence-corrected chi connectivity index (χ0v) is 21.0. The summed E-state index contributed by atoms with van der Waals surface area (Å²) >= 11 is 0. The molecule has 1 saturated heterocycles. The maximum Gasteiger partial charge on any atom is 0.259 e. The van der Waals surface area contributed by atoms with Gasteiger partial charge in [-0.2, -0.15) is 0 Å². The van der Waals surface area contributed by atoms with Crippen molar-refractivity contribution in [3.05, 3.63) is 70.0 Å². The van der Waals surface area contributed by atoms with Crippen LogP contribution in [0.3, 0.4) is 0 Å². The third-order valence-corrected chi connectivity index (χ3v) is 8.26. The van der Waals surface area contributed by atoms with Gasteiger partial charge in [-0.25, -0.2) is 12.7 Å². The fraction of sp³-hybridized carbons (Fsp3) is 0.360. The molecule has 1 aromatic heterocycles. The van der Waals surface area contributed by atoms with Crippen LogP contribution >= 0.6 is 0 Å². The number of carbonyl (C=O) groups excluding carboxylic acids is 1. The van der Waals surface area contributed by atoms with Gasteiger partial charge < -0.3 is 14.4 Å². The molecule has 2 aromatic carbocycles. The Balaban J connectivity index is 1.66. The Morgan fingerprint density at radius 1 is 1.06 bits per heavy atom. The highest BCUT2D eigenvalue weighted by Crippen LogP contribution is 2.23. The zero-order valence-electron chi connectivity index (χ0n) is 20.1. The van der Waals surface area contributed by atoms with E-state index in [1.807, 2.05) is 6.92 Å². The average Bonchev–Trinajstić information content (AvgIpc) is 2.81. The highest BCUT2D eigenvalue weighted by Gasteiger charge is 2.29. The molecule has 1 aliphatic heterocycles. The quantitative estimate of drug-likeness (QED) is 0.571. The molecule has 0 radical (unpaired) electrons. The molecule has 34 heavy (non-hydrogen) atoms. The molecular weight excluding hydrogens is 452 g/mol. The molecule has 9 heteroatoms. The number of nitrogens with zero attached hydrogens (tertiary/aromatic N) is 4. The van der Waals surface area contributed by atoms with Crippen LogP contribution in [0.15, 0.2) is 58.4 Å². The van der Waals surface area contributed by atoms with Crippen LogP contribution in [0, 0.1) is 6.92 Å². The number of aryl methyl sites for hydroxylation is 2. The molecule has 0 saturated carbocycles. The number of hydrogen-bond donors (Lipinski definition) is 0. The third kappa shape index (κ3) is 4.21. The van der Waals surface area contributed by atoms with E-state index in [4.69, 9.17) is 0 Å². The van der Waals surface area contributed by atoms with Gasteiger partial charge in [0.15, 0.2) is 0 Å². The normalized spacial score (nSPS) is 16.9. The van der Waals surface area contributed by atoms with Crippen molar-refractivity contribution in [2.24, 2.45) is 7.05 Å². The first-order valence-electron chi connectivity index (χ1n) is 11.2. The lowest BCUT2D eigenvalue weighted by Crippen LogP contribution is -2.54. The number of sulfonamides is 1. The summed E-state index contributed by atoms with van der Waals surface area (Å²) < 4.78 is 28.0. The number of pyridine rings is 1. The number of aromatic nitrogens is 1. The summed E-state index contributed by atoms with van der Waals surface area (Å²) in [5, 5.41) is 0.211. The van der Waals surface area contributed by atoms with E-state index in [-0.39, 0.29) is 27.8 Å². The molecule has 0 bridgehead atoms. The third-order valence-electron chi connectivity index (χ3n) is 6.45. The number of amides is 1. The van der Waals surface area contributed by atoms with Crippen molar-refractivity contribution in [1.29, 1.82) is 0 Å². The minimum absolute atomic E-state index is 0.0204. The van der Waals surface area contributed by atoms with E-state index in [1.54, 1.807) is 28.8 Å². The van der Waals surface area contributed by atoms with Crippen LogP contribution in [0.5, 0.6) is 0 Å². The van der Waals surface area contributed by atoms with Gasteiger partial charge in [0.05, 0.1) is 10.4 Å². The first kappa shape index (κ1) is 24.0. The molecule has 1 aliphatic rings. The lowest BCUT2D eigenvalue weighted by atomic mass is 10.1. The topological polar surface area (TPSA) is 82.9 Å². The fourth-order valence-corrected chi connectivity index (χ4v) is 5.36. The van der Waals surface area contributed by atoms with Gasteiger partial charge >= 0.3 is 0 Å². The molecule has 1 atom stereocenters. The van der Waals surface area contributed by atoms with Crippen molar-refractivity contribution in [3.63, 3.8) is 0 Å². The Hall–Kier alpha value is -3.17. The number of anilines is 1. The van der Waals surface area contributed by atoms with E-state index in [0.29, 0.717) is 25.2 Å². The van der Waals surface area contributed by atoms with Crippen LogP contribution in [0.25, 0.3) is 10.9 Å². The Bertz CT molecular complexity index is 1410. The van der Waals surface area contributed by atoms with Crippen LogP contribution in [0.4, 0.5) is 5.69 Å². The number of benzene rings is 2. The van der Waals surface area contributed by atoms with Gasteiger partial charge in [0, 0.05) is 64.1 Å². The van der Waals surface area contributed by atoms with E-state index in [0.717, 1.165) is 9.99 Å². The largest absolute Gasteiger partial charge is 0.365 e. The number of fused-ring (bicyclic) bond motifs is 1. The van der Waals surface area contributed by atoms with Crippen LogP contribution < -0.4 is 10.3 Å². The average molecular weight is 483 g/mol. The highest BCUT2D eigenvalue weighted by atomic mass is 32.2. The first-order chi connectivity index (χ1) is 16.0. The lowest BCUT2D eigenvalue weighted by molar-refractivity contribution is 0.0724. The van der Waals surface area contributed by atoms with Gasteiger partial charge in [-0.1, -0.05) is 17.7 Å². The van der Waals surface area contributed by atoms with E-state index in [9.17, 15) is 18.0 Å². The number of rotatable bonds is 4. The molecule has 0 unspecified atom stereocenters. The van der Waals surface area contributed by atoms with E-state index in [1.165, 1.54) is 31.8 Å². The van der Waals surface area contributed by atoms with Gasteiger partial charge in [0.1, 0.15) is 5.56 Å². The van der Waals surface area contributed by atoms with Gasteiger partial charge in [0.25, 0.3) is 5.91 Å². The predicted molar refractivity (Wildman–Crippen MR) is 134 cm³/mol. The second kappa shape index (κ2) is 8.88. The molecule has 1 fully saturated rings. The minimum Gasteiger partial charge on any atom is -0.365 e. The Morgan fingerprint density at radius 2 is 1.74 bits per heavy atom. The van der Waals surface area contributed by atoms with Crippen molar-refractivity contribution in [2.75, 3.05) is 38.6 Å². The maximum absolute atomic E-state index is 13.4. The molecule has 180 valence electrons. The summed E-state index contributed by atoms with van der Waals surface area (Å²) in [4.78, 5) is 30.7. The van der Waals surface area contributed by atoms with Gasteiger partial charge in [-0.05, 0) is 44.2 Å². The summed E-state index contributed by atoms with van der Waals surface area (Å²) in [7, 11) is 0.916. The summed E-state index contributed by atoms with van der Waals surface area (Å²) in [6.07, 6.45) is 1.55. The fourth-order valence-electron chi connectivity index (χ4n) is 4.43. The number of piperazine rings is 1. The molecule has 0 spiro atoms. The Kier molecular flexibility index (Phi) is 6.26. The van der Waals surface area contributed by atoms with Crippen LogP contribution in [-0.4, -0.2) is 67.9 Å². The SMILES string of the molecule is Cc1ccc(N2CCN(C(=O)c3cn(C)c4ccc(S(=O)(=O)N(C)C)cc4c3=O)C[C@@H]2C)cc1. The predicted octanol–water partition coefficient (Wildman–Crippen LogP) is 2.45. The standard InChI is InChI=1S/C25H30N4O4S/c1-17-6-8-19(9-7-17)29-13-12-28(15-18(29)2)25(31)22-16-27(5)23-11-10-20(14-21(23)24(22)30)34(32,33)26(3)4/h6-11,14,16,18H,12-13,15H2,1-5H3/t18-/m0/s1. The summed E-state index contributed by atoms with van der Waals surface area (Å²) in [5.74, 6) is -0.334. The van der Waals surface area contributed by atoms with Crippen molar-refractivity contribution >= 4 is 32.5 Å².